The Morgan fingerprint density at radius 1 is 1.55 bits per heavy atom. The summed E-state index contributed by atoms with van der Waals surface area (Å²) < 4.78 is 4.73. The number of hydrogen-bond acceptors (Lipinski definition) is 5. The zero-order chi connectivity index (χ0) is 14.4. The van der Waals surface area contributed by atoms with Crippen LogP contribution in [-0.4, -0.2) is 40.4 Å². The normalized spacial score (nSPS) is 12.4. The monoisotopic (exact) mass is 273 g/mol. The molecule has 1 atom stereocenters. The van der Waals surface area contributed by atoms with Gasteiger partial charge in [0.1, 0.15) is 5.75 Å². The minimum absolute atomic E-state index is 0.112. The molecule has 0 bridgehead atoms. The van der Waals surface area contributed by atoms with E-state index in [9.17, 15) is 9.90 Å². The third-order valence-corrected chi connectivity index (χ3v) is 2.77. The number of ether oxygens (including phenoxy) is 1. The van der Waals surface area contributed by atoms with Crippen LogP contribution < -0.4 is 0 Å². The van der Waals surface area contributed by atoms with Gasteiger partial charge in [-0.15, -0.1) is 0 Å². The maximum atomic E-state index is 11.7. The smallest absolute Gasteiger partial charge is 0.330 e. The molecule has 2 aromatic rings. The summed E-state index contributed by atoms with van der Waals surface area (Å²) in [6.45, 7) is 0. The summed E-state index contributed by atoms with van der Waals surface area (Å²) in [5.74, 6) is -0.326. The zero-order valence-electron chi connectivity index (χ0n) is 11.0. The summed E-state index contributed by atoms with van der Waals surface area (Å²) >= 11 is 0. The van der Waals surface area contributed by atoms with E-state index >= 15 is 0 Å². The first-order valence-corrected chi connectivity index (χ1v) is 6.07. The summed E-state index contributed by atoms with van der Waals surface area (Å²) in [4.78, 5) is 22.7. The Kier molecular flexibility index (Phi) is 4.49. The molecule has 0 fully saturated rings. The summed E-state index contributed by atoms with van der Waals surface area (Å²) in [6.07, 6.45) is 4.99. The van der Waals surface area contributed by atoms with Crippen molar-refractivity contribution in [1.29, 1.82) is 0 Å². The molecular weight excluding hydrogens is 258 g/mol. The molecule has 0 saturated heterocycles. The SMILES string of the molecule is COC(=O)[C@@H](Cc1cnc[nH]1)N=Cc1ccccc1O. The highest BCUT2D eigenvalue weighted by Gasteiger charge is 2.18. The Bertz CT molecular complexity index is 593. The fourth-order valence-corrected chi connectivity index (χ4v) is 1.70. The third kappa shape index (κ3) is 3.44. The standard InChI is InChI=1S/C14H15N3O3/c1-20-14(19)12(6-11-8-15-9-17-11)16-7-10-4-2-3-5-13(10)18/h2-5,7-9,12,18H,6H2,1H3,(H,15,17)/t12-/m1/s1. The van der Waals surface area contributed by atoms with Crippen LogP contribution in [0.15, 0.2) is 41.8 Å². The number of methoxy groups -OCH3 is 1. The van der Waals surface area contributed by atoms with Gasteiger partial charge in [0.2, 0.25) is 0 Å². The van der Waals surface area contributed by atoms with Crippen molar-refractivity contribution >= 4 is 12.2 Å². The second-order valence-electron chi connectivity index (χ2n) is 4.16. The molecule has 6 heteroatoms. The lowest BCUT2D eigenvalue weighted by Crippen LogP contribution is -2.23. The van der Waals surface area contributed by atoms with E-state index in [0.717, 1.165) is 5.69 Å². The molecule has 2 N–H and O–H groups in total. The summed E-state index contributed by atoms with van der Waals surface area (Å²) in [7, 11) is 1.32. The first-order valence-electron chi connectivity index (χ1n) is 6.07. The van der Waals surface area contributed by atoms with Gasteiger partial charge in [-0.1, -0.05) is 12.1 Å². The van der Waals surface area contributed by atoms with Crippen molar-refractivity contribution in [2.24, 2.45) is 4.99 Å². The molecule has 0 radical (unpaired) electrons. The number of carbonyl (C=O) groups is 1. The number of carbonyl (C=O) groups excluding carboxylic acids is 1. The number of esters is 1. The summed E-state index contributed by atoms with van der Waals surface area (Å²) in [5, 5.41) is 9.65. The lowest BCUT2D eigenvalue weighted by Gasteiger charge is -2.08. The Hall–Kier alpha value is -2.63. The van der Waals surface area contributed by atoms with E-state index in [0.29, 0.717) is 12.0 Å². The highest BCUT2D eigenvalue weighted by molar-refractivity contribution is 5.86. The predicted octanol–water partition coefficient (Wildman–Crippen LogP) is 1.32. The maximum Gasteiger partial charge on any atom is 0.330 e. The number of phenolic OH excluding ortho intramolecular Hbond substituents is 1. The number of para-hydroxylation sites is 1. The van der Waals surface area contributed by atoms with Crippen LogP contribution in [0.4, 0.5) is 0 Å². The second kappa shape index (κ2) is 6.51. The van der Waals surface area contributed by atoms with Crippen LogP contribution in [0.5, 0.6) is 5.75 Å². The van der Waals surface area contributed by atoms with Crippen molar-refractivity contribution in [3.8, 4) is 5.75 Å². The van der Waals surface area contributed by atoms with Gasteiger partial charge in [0.15, 0.2) is 6.04 Å². The lowest BCUT2D eigenvalue weighted by atomic mass is 10.1. The Morgan fingerprint density at radius 2 is 2.35 bits per heavy atom. The third-order valence-electron chi connectivity index (χ3n) is 2.77. The highest BCUT2D eigenvalue weighted by Crippen LogP contribution is 2.13. The highest BCUT2D eigenvalue weighted by atomic mass is 16.5. The maximum absolute atomic E-state index is 11.7. The average molecular weight is 273 g/mol. The Balaban J connectivity index is 2.15. The quantitative estimate of drug-likeness (QED) is 0.635. The number of phenols is 1. The topological polar surface area (TPSA) is 87.6 Å². The largest absolute Gasteiger partial charge is 0.507 e. The fourth-order valence-electron chi connectivity index (χ4n) is 1.70. The van der Waals surface area contributed by atoms with Crippen LogP contribution >= 0.6 is 0 Å². The minimum atomic E-state index is -0.681. The van der Waals surface area contributed by atoms with Crippen LogP contribution in [0.2, 0.25) is 0 Å². The minimum Gasteiger partial charge on any atom is -0.507 e. The van der Waals surface area contributed by atoms with E-state index in [1.807, 2.05) is 0 Å². The number of nitrogens with zero attached hydrogens (tertiary/aromatic N) is 2. The van der Waals surface area contributed by atoms with Gasteiger partial charge >= 0.3 is 5.97 Å². The summed E-state index contributed by atoms with van der Waals surface area (Å²) in [6, 6.07) is 6.09. The van der Waals surface area contributed by atoms with Crippen LogP contribution in [0.3, 0.4) is 0 Å². The summed E-state index contributed by atoms with van der Waals surface area (Å²) in [5.41, 5.74) is 1.33. The Labute approximate surface area is 116 Å². The molecule has 0 unspecified atom stereocenters. The van der Waals surface area contributed by atoms with E-state index < -0.39 is 12.0 Å². The fraction of sp³-hybridized carbons (Fsp3) is 0.214. The number of aromatic nitrogens is 2. The van der Waals surface area contributed by atoms with E-state index in [1.54, 1.807) is 30.5 Å². The number of nitrogens with one attached hydrogen (secondary N) is 1. The van der Waals surface area contributed by atoms with Gasteiger partial charge in [-0.05, 0) is 12.1 Å². The van der Waals surface area contributed by atoms with Gasteiger partial charge in [-0.25, -0.2) is 9.78 Å². The van der Waals surface area contributed by atoms with Crippen molar-refractivity contribution < 1.29 is 14.6 Å². The molecule has 1 aromatic heterocycles. The number of benzene rings is 1. The number of rotatable bonds is 5. The molecule has 1 aromatic carbocycles. The first kappa shape index (κ1) is 13.8. The van der Waals surface area contributed by atoms with Crippen molar-refractivity contribution in [2.75, 3.05) is 7.11 Å². The van der Waals surface area contributed by atoms with Crippen LogP contribution in [0, 0.1) is 0 Å². The molecule has 1 heterocycles. The molecule has 20 heavy (non-hydrogen) atoms. The van der Waals surface area contributed by atoms with E-state index in [2.05, 4.69) is 15.0 Å². The van der Waals surface area contributed by atoms with Crippen molar-refractivity contribution in [1.82, 2.24) is 9.97 Å². The molecule has 6 nitrogen and oxygen atoms in total. The number of aromatic hydroxyl groups is 1. The van der Waals surface area contributed by atoms with Gasteiger partial charge in [0.25, 0.3) is 0 Å². The van der Waals surface area contributed by atoms with Gasteiger partial charge in [0, 0.05) is 30.1 Å². The number of imidazole rings is 1. The molecule has 0 spiro atoms. The second-order valence-corrected chi connectivity index (χ2v) is 4.16. The molecule has 0 amide bonds. The zero-order valence-corrected chi connectivity index (χ0v) is 11.0. The number of H-pyrrole nitrogens is 1. The number of aromatic amines is 1. The van der Waals surface area contributed by atoms with Gasteiger partial charge in [-0.3, -0.25) is 4.99 Å². The predicted molar refractivity (Wildman–Crippen MR) is 73.8 cm³/mol. The lowest BCUT2D eigenvalue weighted by molar-refractivity contribution is -0.142. The number of hydrogen-bond donors (Lipinski definition) is 2. The van der Waals surface area contributed by atoms with Gasteiger partial charge in [-0.2, -0.15) is 0 Å². The molecule has 0 aliphatic heterocycles. The molecular formula is C14H15N3O3. The first-order chi connectivity index (χ1) is 9.70. The van der Waals surface area contributed by atoms with Crippen LogP contribution in [0.1, 0.15) is 11.3 Å². The van der Waals surface area contributed by atoms with Crippen LogP contribution in [0.25, 0.3) is 0 Å². The van der Waals surface area contributed by atoms with Gasteiger partial charge in [0.05, 0.1) is 13.4 Å². The molecule has 0 aliphatic carbocycles. The Morgan fingerprint density at radius 3 is 3.00 bits per heavy atom. The van der Waals surface area contributed by atoms with Crippen molar-refractivity contribution in [3.05, 3.63) is 48.0 Å². The van der Waals surface area contributed by atoms with E-state index in [1.165, 1.54) is 19.7 Å². The molecule has 104 valence electrons. The van der Waals surface area contributed by atoms with Crippen molar-refractivity contribution in [2.45, 2.75) is 12.5 Å². The average Bonchev–Trinajstić information content (AvgIpc) is 2.97. The van der Waals surface area contributed by atoms with Crippen molar-refractivity contribution in [3.63, 3.8) is 0 Å². The van der Waals surface area contributed by atoms with Gasteiger partial charge < -0.3 is 14.8 Å². The van der Waals surface area contributed by atoms with E-state index in [-0.39, 0.29) is 5.75 Å². The molecule has 0 aliphatic rings. The number of aliphatic imine (C=N–C) groups is 1. The van der Waals surface area contributed by atoms with Crippen LogP contribution in [-0.2, 0) is 16.0 Å². The van der Waals surface area contributed by atoms with E-state index in [4.69, 9.17) is 4.74 Å². The molecule has 2 rings (SSSR count). The molecule has 0 saturated carbocycles.